The summed E-state index contributed by atoms with van der Waals surface area (Å²) in [5.74, 6) is 0. The van der Waals surface area contributed by atoms with Crippen molar-refractivity contribution >= 4 is 16.5 Å². The minimum Gasteiger partial charge on any atom is -0.363 e. The quantitative estimate of drug-likeness (QED) is 0.718. The second kappa shape index (κ2) is 3.98. The van der Waals surface area contributed by atoms with Crippen molar-refractivity contribution in [3.63, 3.8) is 0 Å². The number of hydrogen-bond donors (Lipinski definition) is 0. The molecule has 78 valence electrons. The second-order valence-corrected chi connectivity index (χ2v) is 4.67. The first-order valence-electron chi connectivity index (χ1n) is 4.79. The van der Waals surface area contributed by atoms with Gasteiger partial charge in [0, 0.05) is 24.8 Å². The van der Waals surface area contributed by atoms with E-state index in [0.717, 1.165) is 11.3 Å². The molecule has 15 heavy (non-hydrogen) atoms. The molecule has 1 aromatic carbocycles. The van der Waals surface area contributed by atoms with E-state index in [2.05, 4.69) is 22.1 Å². The van der Waals surface area contributed by atoms with Gasteiger partial charge in [-0.25, -0.2) is 0 Å². The van der Waals surface area contributed by atoms with E-state index in [1.54, 1.807) is 11.5 Å². The molecule has 0 N–H and O–H groups in total. The van der Waals surface area contributed by atoms with Crippen LogP contribution in [0.1, 0.15) is 0 Å². The topological polar surface area (TPSA) is 20.0 Å². The van der Waals surface area contributed by atoms with E-state index < -0.39 is 0 Å². The molecule has 0 saturated heterocycles. The van der Waals surface area contributed by atoms with E-state index >= 15 is 0 Å². The van der Waals surface area contributed by atoms with Crippen molar-refractivity contribution in [2.24, 2.45) is 7.05 Å². The van der Waals surface area contributed by atoms with Gasteiger partial charge in [-0.1, -0.05) is 30.3 Å². The van der Waals surface area contributed by atoms with Crippen molar-refractivity contribution in [1.29, 1.82) is 0 Å². The van der Waals surface area contributed by atoms with Crippen LogP contribution in [0.3, 0.4) is 0 Å². The number of aromatic nitrogens is 2. The van der Waals surface area contributed by atoms with Crippen molar-refractivity contribution in [3.05, 3.63) is 30.3 Å². The fourth-order valence-electron chi connectivity index (χ4n) is 1.44. The Kier molecular flexibility index (Phi) is 2.68. The number of nitrogens with zero attached hydrogens (tertiary/aromatic N) is 3. The lowest BCUT2D eigenvalue weighted by Crippen LogP contribution is -2.25. The van der Waals surface area contributed by atoms with Crippen LogP contribution in [0.25, 0.3) is 11.3 Å². The second-order valence-electron chi connectivity index (χ2n) is 3.57. The summed E-state index contributed by atoms with van der Waals surface area (Å²) in [6, 6.07) is 10.3. The third-order valence-electron chi connectivity index (χ3n) is 2.12. The molecule has 0 aliphatic carbocycles. The predicted octanol–water partition coefficient (Wildman–Crippen LogP) is 1.70. The van der Waals surface area contributed by atoms with Gasteiger partial charge in [0.25, 0.3) is 0 Å². The zero-order valence-electron chi connectivity index (χ0n) is 9.14. The summed E-state index contributed by atoms with van der Waals surface area (Å²) >= 11 is 1.65. The Morgan fingerprint density at radius 2 is 1.87 bits per heavy atom. The Morgan fingerprint density at radius 3 is 2.47 bits per heavy atom. The number of aryl methyl sites for hydroxylation is 1. The Bertz CT molecular complexity index is 448. The Morgan fingerprint density at radius 1 is 1.20 bits per heavy atom. The molecule has 0 aliphatic heterocycles. The Balaban J connectivity index is 2.53. The highest BCUT2D eigenvalue weighted by Crippen LogP contribution is 2.29. The average Bonchev–Trinajstić information content (AvgIpc) is 2.62. The third-order valence-corrected chi connectivity index (χ3v) is 3.19. The van der Waals surface area contributed by atoms with Crippen LogP contribution in [-0.2, 0) is 7.05 Å². The maximum Gasteiger partial charge on any atom is 0.191 e. The number of anilines is 1. The van der Waals surface area contributed by atoms with Crippen molar-refractivity contribution in [1.82, 2.24) is 5.10 Å². The molecule has 0 unspecified atom stereocenters. The highest BCUT2D eigenvalue weighted by molar-refractivity contribution is 7.06. The summed E-state index contributed by atoms with van der Waals surface area (Å²) in [5, 5.41) is 5.68. The van der Waals surface area contributed by atoms with Gasteiger partial charge >= 0.3 is 0 Å². The zero-order chi connectivity index (χ0) is 10.8. The molecule has 0 bridgehead atoms. The van der Waals surface area contributed by atoms with Crippen LogP contribution in [0.5, 0.6) is 0 Å². The van der Waals surface area contributed by atoms with E-state index in [0.29, 0.717) is 0 Å². The normalized spacial score (nSPS) is 10.3. The molecular formula is C11H14N3S+. The third kappa shape index (κ3) is 1.99. The van der Waals surface area contributed by atoms with Crippen molar-refractivity contribution in [3.8, 4) is 11.3 Å². The molecule has 1 aromatic heterocycles. The summed E-state index contributed by atoms with van der Waals surface area (Å²) in [4.78, 5) is 2.10. The average molecular weight is 220 g/mol. The van der Waals surface area contributed by atoms with Crippen LogP contribution in [0.15, 0.2) is 30.3 Å². The van der Waals surface area contributed by atoms with Gasteiger partial charge in [-0.05, 0) is 4.07 Å². The fourth-order valence-corrected chi connectivity index (χ4v) is 2.22. The van der Waals surface area contributed by atoms with Gasteiger partial charge in [0.15, 0.2) is 29.3 Å². The highest BCUT2D eigenvalue weighted by Gasteiger charge is 2.18. The fraction of sp³-hybridized carbons (Fsp3) is 0.273. The summed E-state index contributed by atoms with van der Waals surface area (Å²) in [6.45, 7) is 0. The summed E-state index contributed by atoms with van der Waals surface area (Å²) < 4.78 is 1.89. The first-order chi connectivity index (χ1) is 7.18. The molecule has 2 rings (SSSR count). The standard InChI is InChI=1S/C11H14N3S/c1-13(2)11-10(12-14(3)15-11)9-7-5-4-6-8-9/h4-8H,1-3H3/q+1. The molecule has 4 heteroatoms. The molecule has 0 radical (unpaired) electrons. The van der Waals surface area contributed by atoms with E-state index in [4.69, 9.17) is 0 Å². The van der Waals surface area contributed by atoms with Gasteiger partial charge in [-0.2, -0.15) is 0 Å². The first-order valence-corrected chi connectivity index (χ1v) is 5.56. The number of hydrogen-bond acceptors (Lipinski definition) is 3. The summed E-state index contributed by atoms with van der Waals surface area (Å²) in [6.07, 6.45) is 0. The summed E-state index contributed by atoms with van der Waals surface area (Å²) in [5.41, 5.74) is 2.21. The summed E-state index contributed by atoms with van der Waals surface area (Å²) in [7, 11) is 6.05. The lowest BCUT2D eigenvalue weighted by atomic mass is 10.2. The monoisotopic (exact) mass is 220 g/mol. The van der Waals surface area contributed by atoms with Crippen LogP contribution < -0.4 is 8.97 Å². The van der Waals surface area contributed by atoms with Crippen LogP contribution in [-0.4, -0.2) is 19.2 Å². The van der Waals surface area contributed by atoms with E-state index in [1.807, 2.05) is 43.4 Å². The lowest BCUT2D eigenvalue weighted by Gasteiger charge is -2.07. The van der Waals surface area contributed by atoms with E-state index in [9.17, 15) is 0 Å². The Hall–Kier alpha value is -1.42. The van der Waals surface area contributed by atoms with Gasteiger partial charge in [-0.3, -0.25) is 0 Å². The molecule has 0 aliphatic rings. The molecular weight excluding hydrogens is 206 g/mol. The molecule has 0 atom stereocenters. The van der Waals surface area contributed by atoms with Gasteiger partial charge in [0.1, 0.15) is 0 Å². The van der Waals surface area contributed by atoms with Crippen molar-refractivity contribution in [2.75, 3.05) is 19.0 Å². The van der Waals surface area contributed by atoms with Crippen LogP contribution in [0.4, 0.5) is 5.00 Å². The first kappa shape index (κ1) is 10.1. The smallest absolute Gasteiger partial charge is 0.191 e. The molecule has 2 aromatic rings. The van der Waals surface area contributed by atoms with E-state index in [1.165, 1.54) is 5.00 Å². The van der Waals surface area contributed by atoms with Gasteiger partial charge in [-0.15, -0.1) is 0 Å². The molecule has 0 fully saturated rings. The SMILES string of the molecule is CN(C)c1s[n+](C)nc1-c1ccccc1. The van der Waals surface area contributed by atoms with Crippen LogP contribution in [0, 0.1) is 0 Å². The largest absolute Gasteiger partial charge is 0.363 e. The molecule has 0 spiro atoms. The van der Waals surface area contributed by atoms with Crippen molar-refractivity contribution < 1.29 is 4.07 Å². The highest BCUT2D eigenvalue weighted by atomic mass is 32.1. The van der Waals surface area contributed by atoms with Crippen molar-refractivity contribution in [2.45, 2.75) is 0 Å². The molecule has 0 saturated carbocycles. The molecule has 1 heterocycles. The maximum atomic E-state index is 4.50. The van der Waals surface area contributed by atoms with Crippen LogP contribution >= 0.6 is 11.5 Å². The van der Waals surface area contributed by atoms with Crippen LogP contribution in [0.2, 0.25) is 0 Å². The zero-order valence-corrected chi connectivity index (χ0v) is 9.95. The van der Waals surface area contributed by atoms with Gasteiger partial charge in [0.2, 0.25) is 0 Å². The molecule has 0 amide bonds. The number of benzene rings is 1. The predicted molar refractivity (Wildman–Crippen MR) is 63.1 cm³/mol. The Labute approximate surface area is 93.7 Å². The minimum absolute atomic E-state index is 1.05. The van der Waals surface area contributed by atoms with Gasteiger partial charge in [0.05, 0.1) is 0 Å². The molecule has 3 nitrogen and oxygen atoms in total. The number of rotatable bonds is 2. The minimum atomic E-state index is 1.05. The maximum absolute atomic E-state index is 4.50. The van der Waals surface area contributed by atoms with Gasteiger partial charge < -0.3 is 4.90 Å². The lowest BCUT2D eigenvalue weighted by molar-refractivity contribution is -0.662. The van der Waals surface area contributed by atoms with E-state index in [-0.39, 0.29) is 0 Å².